The van der Waals surface area contributed by atoms with Crippen LogP contribution in [0.15, 0.2) is 18.2 Å². The molecule has 0 bridgehead atoms. The van der Waals surface area contributed by atoms with Crippen LogP contribution in [0.2, 0.25) is 0 Å². The summed E-state index contributed by atoms with van der Waals surface area (Å²) in [5.41, 5.74) is 0. The van der Waals surface area contributed by atoms with Gasteiger partial charge in [0.2, 0.25) is 5.91 Å². The lowest BCUT2D eigenvalue weighted by molar-refractivity contribution is -0.116. The van der Waals surface area contributed by atoms with Gasteiger partial charge in [0.1, 0.15) is 0 Å². The minimum atomic E-state index is -0.0942. The molecule has 1 aromatic heterocycles. The van der Waals surface area contributed by atoms with Crippen molar-refractivity contribution in [2.24, 2.45) is 0 Å². The maximum atomic E-state index is 11.4. The number of carbonyl (C=O) groups is 1. The van der Waals surface area contributed by atoms with E-state index in [1.54, 1.807) is 17.4 Å². The minimum absolute atomic E-state index is 0.0370. The average Bonchev–Trinajstić information content (AvgIpc) is 2.77. The Bertz CT molecular complexity index is 387. The van der Waals surface area contributed by atoms with Crippen molar-refractivity contribution in [1.82, 2.24) is 5.32 Å². The quantitative estimate of drug-likeness (QED) is 0.556. The maximum absolute atomic E-state index is 11.4. The number of aliphatic hydroxyl groups is 1. The number of amides is 1. The molecule has 0 aromatic carbocycles. The van der Waals surface area contributed by atoms with Crippen molar-refractivity contribution in [3.63, 3.8) is 0 Å². The molecule has 0 unspecified atom stereocenters. The van der Waals surface area contributed by atoms with Crippen LogP contribution in [0.4, 0.5) is 0 Å². The topological polar surface area (TPSA) is 58.6 Å². The molecule has 1 amide bonds. The van der Waals surface area contributed by atoms with Crippen LogP contribution in [0.5, 0.6) is 0 Å². The SMILES string of the molecule is Cc1ccc(/C=C/C(=O)NCCCOCCO)s1. The minimum Gasteiger partial charge on any atom is -0.394 e. The Balaban J connectivity index is 2.12. The van der Waals surface area contributed by atoms with Crippen molar-refractivity contribution in [3.05, 3.63) is 28.0 Å². The first-order valence-corrected chi connectivity index (χ1v) is 6.75. The first-order valence-electron chi connectivity index (χ1n) is 5.93. The predicted octanol–water partition coefficient (Wildman–Crippen LogP) is 1.58. The van der Waals surface area contributed by atoms with Gasteiger partial charge < -0.3 is 15.2 Å². The summed E-state index contributed by atoms with van der Waals surface area (Å²) in [6, 6.07) is 4.02. The van der Waals surface area contributed by atoms with E-state index in [1.165, 1.54) is 4.88 Å². The molecule has 1 aromatic rings. The van der Waals surface area contributed by atoms with E-state index >= 15 is 0 Å². The van der Waals surface area contributed by atoms with Crippen LogP contribution >= 0.6 is 11.3 Å². The van der Waals surface area contributed by atoms with Gasteiger partial charge in [0, 0.05) is 29.0 Å². The molecule has 0 saturated carbocycles. The highest BCUT2D eigenvalue weighted by atomic mass is 32.1. The Hall–Kier alpha value is -1.17. The normalized spacial score (nSPS) is 11.0. The first-order chi connectivity index (χ1) is 8.72. The van der Waals surface area contributed by atoms with Gasteiger partial charge in [-0.1, -0.05) is 0 Å². The Morgan fingerprint density at radius 2 is 2.33 bits per heavy atom. The molecule has 0 aliphatic carbocycles. The molecule has 0 spiro atoms. The summed E-state index contributed by atoms with van der Waals surface area (Å²) in [6.45, 7) is 3.56. The second-order valence-corrected chi connectivity index (χ2v) is 5.08. The monoisotopic (exact) mass is 269 g/mol. The van der Waals surface area contributed by atoms with E-state index in [-0.39, 0.29) is 12.5 Å². The number of nitrogens with one attached hydrogen (secondary N) is 1. The molecule has 0 aliphatic heterocycles. The molecule has 18 heavy (non-hydrogen) atoms. The summed E-state index contributed by atoms with van der Waals surface area (Å²) >= 11 is 1.66. The Labute approximate surface area is 111 Å². The summed E-state index contributed by atoms with van der Waals surface area (Å²) in [4.78, 5) is 13.7. The van der Waals surface area contributed by atoms with E-state index in [9.17, 15) is 4.79 Å². The Kier molecular flexibility index (Phi) is 7.32. The number of thiophene rings is 1. The van der Waals surface area contributed by atoms with Crippen molar-refractivity contribution in [2.75, 3.05) is 26.4 Å². The lowest BCUT2D eigenvalue weighted by atomic mass is 10.3. The van der Waals surface area contributed by atoms with Crippen LogP contribution in [0.3, 0.4) is 0 Å². The van der Waals surface area contributed by atoms with E-state index in [0.29, 0.717) is 19.8 Å². The smallest absolute Gasteiger partial charge is 0.244 e. The summed E-state index contributed by atoms with van der Waals surface area (Å²) in [7, 11) is 0. The summed E-state index contributed by atoms with van der Waals surface area (Å²) in [5.74, 6) is -0.0942. The zero-order valence-corrected chi connectivity index (χ0v) is 11.3. The fourth-order valence-electron chi connectivity index (χ4n) is 1.31. The van der Waals surface area contributed by atoms with Crippen molar-refractivity contribution in [3.8, 4) is 0 Å². The molecular formula is C13H19NO3S. The number of hydrogen-bond acceptors (Lipinski definition) is 4. The van der Waals surface area contributed by atoms with E-state index < -0.39 is 0 Å². The fraction of sp³-hybridized carbons (Fsp3) is 0.462. The molecular weight excluding hydrogens is 250 g/mol. The van der Waals surface area contributed by atoms with E-state index in [2.05, 4.69) is 5.32 Å². The van der Waals surface area contributed by atoms with Crippen molar-refractivity contribution in [1.29, 1.82) is 0 Å². The van der Waals surface area contributed by atoms with E-state index in [4.69, 9.17) is 9.84 Å². The van der Waals surface area contributed by atoms with Gasteiger partial charge in [-0.15, -0.1) is 11.3 Å². The molecule has 0 fully saturated rings. The number of rotatable bonds is 8. The zero-order chi connectivity index (χ0) is 13.2. The second-order valence-electron chi connectivity index (χ2n) is 3.76. The summed E-state index contributed by atoms with van der Waals surface area (Å²) in [5, 5.41) is 11.3. The molecule has 1 rings (SSSR count). The number of aryl methyl sites for hydroxylation is 1. The van der Waals surface area contributed by atoms with Crippen LogP contribution in [0, 0.1) is 6.92 Å². The maximum Gasteiger partial charge on any atom is 0.244 e. The van der Waals surface area contributed by atoms with Gasteiger partial charge in [-0.3, -0.25) is 4.79 Å². The third kappa shape index (κ3) is 6.54. The molecule has 2 N–H and O–H groups in total. The molecule has 0 atom stereocenters. The highest BCUT2D eigenvalue weighted by molar-refractivity contribution is 7.12. The van der Waals surface area contributed by atoms with Crippen LogP contribution in [-0.2, 0) is 9.53 Å². The van der Waals surface area contributed by atoms with Crippen LogP contribution < -0.4 is 5.32 Å². The van der Waals surface area contributed by atoms with Gasteiger partial charge in [0.25, 0.3) is 0 Å². The number of ether oxygens (including phenoxy) is 1. The standard InChI is InChI=1S/C13H19NO3S/c1-11-3-4-12(18-11)5-6-13(16)14-7-2-9-17-10-8-15/h3-6,15H,2,7-10H2,1H3,(H,14,16)/b6-5+. The van der Waals surface area contributed by atoms with Crippen molar-refractivity contribution < 1.29 is 14.6 Å². The van der Waals surface area contributed by atoms with Gasteiger partial charge in [0.05, 0.1) is 13.2 Å². The van der Waals surface area contributed by atoms with Crippen molar-refractivity contribution >= 4 is 23.3 Å². The number of hydrogen-bond donors (Lipinski definition) is 2. The number of aliphatic hydroxyl groups excluding tert-OH is 1. The lowest BCUT2D eigenvalue weighted by Gasteiger charge is -2.02. The van der Waals surface area contributed by atoms with Crippen molar-refractivity contribution in [2.45, 2.75) is 13.3 Å². The molecule has 0 radical (unpaired) electrons. The van der Waals surface area contributed by atoms with Crippen LogP contribution in [0.25, 0.3) is 6.08 Å². The lowest BCUT2D eigenvalue weighted by Crippen LogP contribution is -2.23. The van der Waals surface area contributed by atoms with Gasteiger partial charge in [-0.2, -0.15) is 0 Å². The first kappa shape index (κ1) is 14.9. The van der Waals surface area contributed by atoms with Crippen LogP contribution in [-0.4, -0.2) is 37.4 Å². The molecule has 4 nitrogen and oxygen atoms in total. The third-order valence-corrected chi connectivity index (χ3v) is 3.13. The van der Waals surface area contributed by atoms with Crippen LogP contribution in [0.1, 0.15) is 16.2 Å². The Morgan fingerprint density at radius 1 is 1.50 bits per heavy atom. The Morgan fingerprint density at radius 3 is 3.00 bits per heavy atom. The predicted molar refractivity (Wildman–Crippen MR) is 73.6 cm³/mol. The van der Waals surface area contributed by atoms with Gasteiger partial charge in [-0.25, -0.2) is 0 Å². The fourth-order valence-corrected chi connectivity index (χ4v) is 2.09. The van der Waals surface area contributed by atoms with E-state index in [0.717, 1.165) is 11.3 Å². The van der Waals surface area contributed by atoms with Gasteiger partial charge >= 0.3 is 0 Å². The summed E-state index contributed by atoms with van der Waals surface area (Å²) < 4.78 is 5.08. The molecule has 1 heterocycles. The molecule has 0 saturated heterocycles. The van der Waals surface area contributed by atoms with E-state index in [1.807, 2.05) is 25.1 Å². The highest BCUT2D eigenvalue weighted by Crippen LogP contribution is 2.16. The highest BCUT2D eigenvalue weighted by Gasteiger charge is 1.96. The summed E-state index contributed by atoms with van der Waals surface area (Å²) in [6.07, 6.45) is 4.10. The molecule has 100 valence electrons. The second kappa shape index (κ2) is 8.85. The average molecular weight is 269 g/mol. The van der Waals surface area contributed by atoms with Gasteiger partial charge in [0.15, 0.2) is 0 Å². The number of carbonyl (C=O) groups excluding carboxylic acids is 1. The van der Waals surface area contributed by atoms with Gasteiger partial charge in [-0.05, 0) is 31.6 Å². The third-order valence-electron chi connectivity index (χ3n) is 2.16. The zero-order valence-electron chi connectivity index (χ0n) is 10.5. The molecule has 5 heteroatoms. The molecule has 0 aliphatic rings. The largest absolute Gasteiger partial charge is 0.394 e.